The average molecular weight is 317 g/mol. The second kappa shape index (κ2) is 6.05. The van der Waals surface area contributed by atoms with Crippen LogP contribution in [0.1, 0.15) is 30.9 Å². The predicted octanol–water partition coefficient (Wildman–Crippen LogP) is 1.91. The van der Waals surface area contributed by atoms with Crippen LogP contribution in [0, 0.1) is 16.0 Å². The minimum atomic E-state index is -0.796. The largest absolute Gasteiger partial charge is 0.454 e. The van der Waals surface area contributed by atoms with E-state index in [9.17, 15) is 15.2 Å². The van der Waals surface area contributed by atoms with Crippen LogP contribution in [0.5, 0.6) is 11.5 Å². The van der Waals surface area contributed by atoms with Gasteiger partial charge in [0, 0.05) is 0 Å². The molecule has 0 bridgehead atoms. The topological polar surface area (TPSA) is 108 Å². The Bertz CT molecular complexity index is 550. The summed E-state index contributed by atoms with van der Waals surface area (Å²) in [7, 11) is 0. The molecule has 0 aromatic heterocycles. The minimum Gasteiger partial charge on any atom is -0.454 e. The smallest absolute Gasteiger partial charge is 0.278 e. The van der Waals surface area contributed by atoms with E-state index in [1.807, 2.05) is 0 Å². The molecule has 2 aliphatic rings. The number of nitro groups is 1. The molecule has 1 saturated carbocycles. The average Bonchev–Trinajstić information content (AvgIpc) is 2.81. The molecule has 1 aliphatic carbocycles. The molecule has 2 atom stereocenters. The van der Waals surface area contributed by atoms with Crippen molar-refractivity contribution in [3.8, 4) is 11.5 Å². The Hall–Kier alpha value is -1.57. The Morgan fingerprint density at radius 1 is 1.33 bits per heavy atom. The molecule has 8 heteroatoms. The summed E-state index contributed by atoms with van der Waals surface area (Å²) in [5.41, 5.74) is 6.18. The van der Waals surface area contributed by atoms with Gasteiger partial charge in [-0.2, -0.15) is 0 Å². The summed E-state index contributed by atoms with van der Waals surface area (Å²) in [5, 5.41) is 21.4. The van der Waals surface area contributed by atoms with E-state index in [2.05, 4.69) is 0 Å². The van der Waals surface area contributed by atoms with Gasteiger partial charge < -0.3 is 20.3 Å². The number of rotatable bonds is 4. The lowest BCUT2D eigenvalue weighted by Gasteiger charge is -2.33. The van der Waals surface area contributed by atoms with Gasteiger partial charge in [-0.25, -0.2) is 0 Å². The standard InChI is InChI=1S/C13H16N2O5.ClH/c14-12(13(16)7-2-1-3-7)8-4-10-11(20-6-19-10)5-9(8)15(17)18;/h4-5,7,12-13,16H,1-3,6,14H2;1H/t12-,13+;/m1./s1. The maximum absolute atomic E-state index is 11.2. The molecule has 0 radical (unpaired) electrons. The van der Waals surface area contributed by atoms with Crippen LogP contribution in [-0.2, 0) is 0 Å². The highest BCUT2D eigenvalue weighted by atomic mass is 35.5. The number of halogens is 1. The molecule has 0 saturated heterocycles. The van der Waals surface area contributed by atoms with E-state index < -0.39 is 17.1 Å². The summed E-state index contributed by atoms with van der Waals surface area (Å²) in [6.45, 7) is 0.0381. The van der Waals surface area contributed by atoms with Crippen molar-refractivity contribution in [3.05, 3.63) is 27.8 Å². The fraction of sp³-hybridized carbons (Fsp3) is 0.538. The van der Waals surface area contributed by atoms with Gasteiger partial charge in [0.1, 0.15) is 0 Å². The number of aliphatic hydroxyl groups excluding tert-OH is 1. The number of fused-ring (bicyclic) bond motifs is 1. The van der Waals surface area contributed by atoms with Crippen LogP contribution >= 0.6 is 12.4 Å². The Morgan fingerprint density at radius 2 is 1.95 bits per heavy atom. The van der Waals surface area contributed by atoms with E-state index >= 15 is 0 Å². The van der Waals surface area contributed by atoms with Crippen molar-refractivity contribution in [1.82, 2.24) is 0 Å². The molecule has 116 valence electrons. The summed E-state index contributed by atoms with van der Waals surface area (Å²) in [6, 6.07) is 2.02. The van der Waals surface area contributed by atoms with Crippen molar-refractivity contribution in [3.63, 3.8) is 0 Å². The summed E-state index contributed by atoms with van der Waals surface area (Å²) >= 11 is 0. The van der Waals surface area contributed by atoms with Gasteiger partial charge in [-0.3, -0.25) is 10.1 Å². The SMILES string of the molecule is Cl.N[C@H](c1cc2c(cc1[N+](=O)[O-])OCO2)[C@@H](O)C1CCC1. The second-order valence-corrected chi connectivity index (χ2v) is 5.23. The zero-order valence-electron chi connectivity index (χ0n) is 11.2. The first-order valence-electron chi connectivity index (χ1n) is 6.59. The first-order chi connectivity index (χ1) is 9.58. The van der Waals surface area contributed by atoms with Gasteiger partial charge in [0.05, 0.1) is 28.7 Å². The van der Waals surface area contributed by atoms with Crippen molar-refractivity contribution in [1.29, 1.82) is 0 Å². The van der Waals surface area contributed by atoms with Crippen LogP contribution in [0.4, 0.5) is 5.69 Å². The maximum atomic E-state index is 11.2. The molecule has 1 aliphatic heterocycles. The van der Waals surface area contributed by atoms with Crippen molar-refractivity contribution in [2.24, 2.45) is 11.7 Å². The van der Waals surface area contributed by atoms with Gasteiger partial charge in [0.2, 0.25) is 6.79 Å². The van der Waals surface area contributed by atoms with Crippen molar-refractivity contribution >= 4 is 18.1 Å². The molecule has 0 amide bonds. The first-order valence-corrected chi connectivity index (χ1v) is 6.59. The van der Waals surface area contributed by atoms with E-state index in [1.165, 1.54) is 12.1 Å². The monoisotopic (exact) mass is 316 g/mol. The lowest BCUT2D eigenvalue weighted by atomic mass is 9.77. The number of ether oxygens (including phenoxy) is 2. The molecule has 3 rings (SSSR count). The molecule has 1 aromatic carbocycles. The minimum absolute atomic E-state index is 0. The third kappa shape index (κ3) is 2.76. The highest BCUT2D eigenvalue weighted by molar-refractivity contribution is 5.85. The van der Waals surface area contributed by atoms with Gasteiger partial charge in [-0.1, -0.05) is 6.42 Å². The number of aliphatic hydroxyl groups is 1. The number of nitrogens with two attached hydrogens (primary N) is 1. The molecular weight excluding hydrogens is 300 g/mol. The van der Waals surface area contributed by atoms with Gasteiger partial charge >= 0.3 is 0 Å². The van der Waals surface area contributed by atoms with Crippen LogP contribution in [0.3, 0.4) is 0 Å². The van der Waals surface area contributed by atoms with Crippen molar-refractivity contribution < 1.29 is 19.5 Å². The van der Waals surface area contributed by atoms with E-state index in [-0.39, 0.29) is 30.8 Å². The van der Waals surface area contributed by atoms with Crippen molar-refractivity contribution in [2.45, 2.75) is 31.4 Å². The van der Waals surface area contributed by atoms with Crippen LogP contribution in [0.2, 0.25) is 0 Å². The number of hydrogen-bond acceptors (Lipinski definition) is 6. The van der Waals surface area contributed by atoms with E-state index in [1.54, 1.807) is 0 Å². The van der Waals surface area contributed by atoms with Gasteiger partial charge in [-0.15, -0.1) is 12.4 Å². The quantitative estimate of drug-likeness (QED) is 0.649. The third-order valence-corrected chi connectivity index (χ3v) is 4.08. The fourth-order valence-electron chi connectivity index (χ4n) is 2.63. The summed E-state index contributed by atoms with van der Waals surface area (Å²) < 4.78 is 10.4. The third-order valence-electron chi connectivity index (χ3n) is 4.08. The van der Waals surface area contributed by atoms with Crippen LogP contribution < -0.4 is 15.2 Å². The summed E-state index contributed by atoms with van der Waals surface area (Å²) in [4.78, 5) is 10.7. The van der Waals surface area contributed by atoms with Gasteiger partial charge in [0.25, 0.3) is 5.69 Å². The highest BCUT2D eigenvalue weighted by Crippen LogP contribution is 2.42. The number of nitro benzene ring substituents is 1. The first kappa shape index (κ1) is 15.8. The molecule has 0 unspecified atom stereocenters. The van der Waals surface area contributed by atoms with Crippen molar-refractivity contribution in [2.75, 3.05) is 6.79 Å². The molecule has 3 N–H and O–H groups in total. The van der Waals surface area contributed by atoms with Gasteiger partial charge in [0.15, 0.2) is 11.5 Å². The Labute approximate surface area is 127 Å². The Balaban J connectivity index is 0.00000161. The maximum Gasteiger partial charge on any atom is 0.278 e. The lowest BCUT2D eigenvalue weighted by Crippen LogP contribution is -2.36. The number of nitrogens with zero attached hydrogens (tertiary/aromatic N) is 1. The second-order valence-electron chi connectivity index (χ2n) is 5.23. The highest BCUT2D eigenvalue weighted by Gasteiger charge is 2.35. The molecule has 1 heterocycles. The Morgan fingerprint density at radius 3 is 2.48 bits per heavy atom. The fourth-order valence-corrected chi connectivity index (χ4v) is 2.63. The zero-order valence-corrected chi connectivity index (χ0v) is 12.0. The normalized spacial score (nSPS) is 19.3. The molecule has 1 fully saturated rings. The van der Waals surface area contributed by atoms with E-state index in [4.69, 9.17) is 15.2 Å². The predicted molar refractivity (Wildman–Crippen MR) is 76.7 cm³/mol. The van der Waals surface area contributed by atoms with Gasteiger partial charge in [-0.05, 0) is 24.8 Å². The zero-order chi connectivity index (χ0) is 14.3. The van der Waals surface area contributed by atoms with Crippen LogP contribution in [0.15, 0.2) is 12.1 Å². The molecule has 0 spiro atoms. The van der Waals surface area contributed by atoms with Crippen LogP contribution in [0.25, 0.3) is 0 Å². The lowest BCUT2D eigenvalue weighted by molar-refractivity contribution is -0.385. The summed E-state index contributed by atoms with van der Waals surface area (Å²) in [6.07, 6.45) is 2.11. The van der Waals surface area contributed by atoms with Crippen LogP contribution in [-0.4, -0.2) is 22.9 Å². The molecular formula is C13H17ClN2O5. The Kier molecular flexibility index (Phi) is 4.55. The van der Waals surface area contributed by atoms with E-state index in [0.29, 0.717) is 17.1 Å². The van der Waals surface area contributed by atoms with E-state index in [0.717, 1.165) is 19.3 Å². The summed E-state index contributed by atoms with van der Waals surface area (Å²) in [5.74, 6) is 0.891. The molecule has 1 aromatic rings. The molecule has 21 heavy (non-hydrogen) atoms. The molecule has 7 nitrogen and oxygen atoms in total. The number of hydrogen-bond donors (Lipinski definition) is 2. The number of benzene rings is 1.